The number of carbonyl (C=O) groups is 1. The Morgan fingerprint density at radius 3 is 2.30 bits per heavy atom. The van der Waals surface area contributed by atoms with E-state index in [1.54, 1.807) is 13.0 Å². The van der Waals surface area contributed by atoms with E-state index >= 15 is 0 Å². The molecule has 1 aliphatic rings. The molecule has 0 spiro atoms. The molecule has 0 unspecified atom stereocenters. The highest BCUT2D eigenvalue weighted by Gasteiger charge is 2.27. The summed E-state index contributed by atoms with van der Waals surface area (Å²) in [4.78, 5) is 14.4. The van der Waals surface area contributed by atoms with Crippen molar-refractivity contribution < 1.29 is 26.4 Å². The van der Waals surface area contributed by atoms with E-state index in [4.69, 9.17) is 4.74 Å². The predicted octanol–water partition coefficient (Wildman–Crippen LogP) is 0.948. The number of ether oxygens (including phenoxy) is 1. The number of sulfonamides is 2. The molecule has 0 radical (unpaired) electrons. The van der Waals surface area contributed by atoms with E-state index in [9.17, 15) is 21.6 Å². The van der Waals surface area contributed by atoms with E-state index < -0.39 is 26.0 Å². The van der Waals surface area contributed by atoms with Gasteiger partial charge >= 0.3 is 0 Å². The normalized spacial score (nSPS) is 15.7. The summed E-state index contributed by atoms with van der Waals surface area (Å²) in [6, 6.07) is 10.0. The molecule has 1 saturated heterocycles. The minimum atomic E-state index is -3.98. The number of hydrogen-bond acceptors (Lipinski definition) is 6. The lowest BCUT2D eigenvalue weighted by atomic mass is 10.1. The van der Waals surface area contributed by atoms with Crippen LogP contribution in [0.1, 0.15) is 21.5 Å². The molecule has 1 amide bonds. The Morgan fingerprint density at radius 1 is 0.933 bits per heavy atom. The molecule has 0 aliphatic carbocycles. The van der Waals surface area contributed by atoms with E-state index in [0.29, 0.717) is 13.2 Å². The van der Waals surface area contributed by atoms with E-state index in [1.807, 2.05) is 11.8 Å². The fourth-order valence-corrected chi connectivity index (χ4v) is 5.24. The van der Waals surface area contributed by atoms with Gasteiger partial charge in [-0.3, -0.25) is 10.2 Å². The van der Waals surface area contributed by atoms with E-state index in [1.165, 1.54) is 40.7 Å². The fourth-order valence-electron chi connectivity index (χ4n) is 2.86. The van der Waals surface area contributed by atoms with Gasteiger partial charge in [-0.2, -0.15) is 4.31 Å². The second kappa shape index (κ2) is 8.82. The van der Waals surface area contributed by atoms with Crippen molar-refractivity contribution in [2.24, 2.45) is 0 Å². The number of carbonyl (C=O) groups excluding carboxylic acids is 1. The maximum Gasteiger partial charge on any atom is 0.266 e. The SMILES string of the molecule is Cc1ccc(S(=O)(=O)NNC(=O)c2cccc(S(=O)(=O)N3CCOCC3)c2)cc1C. The van der Waals surface area contributed by atoms with Crippen LogP contribution >= 0.6 is 0 Å². The van der Waals surface area contributed by atoms with Gasteiger partial charge in [-0.1, -0.05) is 12.1 Å². The van der Waals surface area contributed by atoms with Crippen LogP contribution in [0.5, 0.6) is 0 Å². The summed E-state index contributed by atoms with van der Waals surface area (Å²) in [5, 5.41) is 0. The van der Waals surface area contributed by atoms with Crippen LogP contribution in [0.4, 0.5) is 0 Å². The third-order valence-electron chi connectivity index (χ3n) is 4.79. The molecule has 0 atom stereocenters. The van der Waals surface area contributed by atoms with Gasteiger partial charge in [0.15, 0.2) is 0 Å². The smallest absolute Gasteiger partial charge is 0.266 e. The van der Waals surface area contributed by atoms with E-state index in [0.717, 1.165) is 11.1 Å². The van der Waals surface area contributed by atoms with Gasteiger partial charge in [0.05, 0.1) is 23.0 Å². The minimum absolute atomic E-state index is 0.00659. The lowest BCUT2D eigenvalue weighted by Gasteiger charge is -2.26. The Morgan fingerprint density at radius 2 is 1.63 bits per heavy atom. The molecular weight excluding hydrogens is 430 g/mol. The third kappa shape index (κ3) is 4.87. The number of morpholine rings is 1. The Labute approximate surface area is 176 Å². The summed E-state index contributed by atoms with van der Waals surface area (Å²) in [5.74, 6) is -0.776. The molecule has 3 rings (SSSR count). The van der Waals surface area contributed by atoms with Gasteiger partial charge in [-0.05, 0) is 55.3 Å². The molecule has 30 heavy (non-hydrogen) atoms. The summed E-state index contributed by atoms with van der Waals surface area (Å²) in [5.41, 5.74) is 3.87. The van der Waals surface area contributed by atoms with Crippen molar-refractivity contribution >= 4 is 26.0 Å². The van der Waals surface area contributed by atoms with Crippen LogP contribution in [0.15, 0.2) is 52.3 Å². The quantitative estimate of drug-likeness (QED) is 0.628. The minimum Gasteiger partial charge on any atom is -0.379 e. The van der Waals surface area contributed by atoms with Crippen LogP contribution in [0.25, 0.3) is 0 Å². The molecule has 2 N–H and O–H groups in total. The topological polar surface area (TPSA) is 122 Å². The summed E-state index contributed by atoms with van der Waals surface area (Å²) in [7, 11) is -7.76. The molecule has 0 saturated carbocycles. The lowest BCUT2D eigenvalue weighted by Crippen LogP contribution is -2.42. The largest absolute Gasteiger partial charge is 0.379 e. The highest BCUT2D eigenvalue weighted by atomic mass is 32.2. The monoisotopic (exact) mass is 453 g/mol. The summed E-state index contributed by atoms with van der Waals surface area (Å²) >= 11 is 0. The zero-order valence-electron chi connectivity index (χ0n) is 16.6. The molecule has 1 aliphatic heterocycles. The molecule has 2 aromatic rings. The Bertz CT molecular complexity index is 1160. The Kier molecular flexibility index (Phi) is 6.58. The van der Waals surface area contributed by atoms with Crippen molar-refractivity contribution in [3.05, 3.63) is 59.2 Å². The number of benzene rings is 2. The average Bonchev–Trinajstić information content (AvgIpc) is 2.74. The number of nitrogens with one attached hydrogen (secondary N) is 2. The molecular formula is C19H23N3O6S2. The van der Waals surface area contributed by atoms with Gasteiger partial charge in [-0.25, -0.2) is 16.8 Å². The molecule has 1 heterocycles. The first kappa shape index (κ1) is 22.4. The van der Waals surface area contributed by atoms with Gasteiger partial charge in [-0.15, -0.1) is 4.83 Å². The first-order chi connectivity index (χ1) is 14.1. The number of amides is 1. The highest BCUT2D eigenvalue weighted by Crippen LogP contribution is 2.18. The maximum atomic E-state index is 12.8. The predicted molar refractivity (Wildman–Crippen MR) is 110 cm³/mol. The van der Waals surface area contributed by atoms with Crippen molar-refractivity contribution in [1.82, 2.24) is 14.6 Å². The summed E-state index contributed by atoms with van der Waals surface area (Å²) in [6.45, 7) is 4.72. The number of hydrogen-bond donors (Lipinski definition) is 2. The second-order valence-corrected chi connectivity index (χ2v) is 10.5. The fraction of sp³-hybridized carbons (Fsp3) is 0.316. The van der Waals surface area contributed by atoms with Gasteiger partial charge in [0, 0.05) is 18.7 Å². The van der Waals surface area contributed by atoms with Gasteiger partial charge in [0.2, 0.25) is 10.0 Å². The van der Waals surface area contributed by atoms with E-state index in [2.05, 4.69) is 5.43 Å². The number of hydrazine groups is 1. The van der Waals surface area contributed by atoms with Crippen molar-refractivity contribution in [3.63, 3.8) is 0 Å². The number of aryl methyl sites for hydroxylation is 2. The first-order valence-corrected chi connectivity index (χ1v) is 12.1. The number of nitrogens with zero attached hydrogens (tertiary/aromatic N) is 1. The van der Waals surface area contributed by atoms with Crippen LogP contribution in [0.3, 0.4) is 0 Å². The molecule has 11 heteroatoms. The van der Waals surface area contributed by atoms with Crippen LogP contribution in [0, 0.1) is 13.8 Å². The summed E-state index contributed by atoms with van der Waals surface area (Å²) in [6.07, 6.45) is 0. The van der Waals surface area contributed by atoms with Gasteiger partial charge in [0.1, 0.15) is 0 Å². The zero-order valence-corrected chi connectivity index (χ0v) is 18.2. The average molecular weight is 454 g/mol. The van der Waals surface area contributed by atoms with Crippen LogP contribution in [0.2, 0.25) is 0 Å². The molecule has 0 bridgehead atoms. The highest BCUT2D eigenvalue weighted by molar-refractivity contribution is 7.89. The van der Waals surface area contributed by atoms with Crippen LogP contribution < -0.4 is 10.3 Å². The Hall–Kier alpha value is -2.31. The molecule has 9 nitrogen and oxygen atoms in total. The van der Waals surface area contributed by atoms with Crippen molar-refractivity contribution in [2.45, 2.75) is 23.6 Å². The van der Waals surface area contributed by atoms with Crippen molar-refractivity contribution in [3.8, 4) is 0 Å². The molecule has 0 aromatic heterocycles. The molecule has 162 valence electrons. The van der Waals surface area contributed by atoms with Gasteiger partial charge < -0.3 is 4.74 Å². The zero-order chi connectivity index (χ0) is 21.9. The third-order valence-corrected chi connectivity index (χ3v) is 7.93. The first-order valence-electron chi connectivity index (χ1n) is 9.18. The molecule has 2 aromatic carbocycles. The Balaban J connectivity index is 1.74. The lowest BCUT2D eigenvalue weighted by molar-refractivity contribution is 0.0730. The standard InChI is InChI=1S/C19H23N3O6S2/c1-14-6-7-17(12-15(14)2)29(24,25)21-20-19(23)16-4-3-5-18(13-16)30(26,27)22-8-10-28-11-9-22/h3-7,12-13,21H,8-11H2,1-2H3,(H,20,23). The summed E-state index contributed by atoms with van der Waals surface area (Å²) < 4.78 is 56.8. The van der Waals surface area contributed by atoms with Gasteiger partial charge in [0.25, 0.3) is 15.9 Å². The number of rotatable bonds is 6. The second-order valence-electron chi connectivity index (χ2n) is 6.85. The van der Waals surface area contributed by atoms with Crippen molar-refractivity contribution in [2.75, 3.05) is 26.3 Å². The maximum absolute atomic E-state index is 12.8. The van der Waals surface area contributed by atoms with E-state index in [-0.39, 0.29) is 28.4 Å². The van der Waals surface area contributed by atoms with Crippen molar-refractivity contribution in [1.29, 1.82) is 0 Å². The van der Waals surface area contributed by atoms with Crippen LogP contribution in [-0.4, -0.2) is 53.4 Å². The van der Waals surface area contributed by atoms with Crippen LogP contribution in [-0.2, 0) is 24.8 Å². The molecule has 1 fully saturated rings.